The monoisotopic (exact) mass is 442 g/mol. The van der Waals surface area contributed by atoms with Gasteiger partial charge in [-0.05, 0) is 79.7 Å². The number of hydrogen-bond donors (Lipinski definition) is 2. The van der Waals surface area contributed by atoms with Crippen LogP contribution in [0.25, 0.3) is 6.08 Å². The second-order valence-electron chi connectivity index (χ2n) is 8.60. The van der Waals surface area contributed by atoms with Crippen molar-refractivity contribution in [1.82, 2.24) is 14.3 Å². The number of imidazole rings is 1. The van der Waals surface area contributed by atoms with E-state index in [1.807, 2.05) is 31.5 Å². The quantitative estimate of drug-likeness (QED) is 0.704. The van der Waals surface area contributed by atoms with Crippen LogP contribution in [0.3, 0.4) is 0 Å². The third-order valence-corrected chi connectivity index (χ3v) is 7.07. The standard InChI is InChI=1S/C23H30N4O3S/c1-4-27-14-20(15(2)3)24-21(27)11-12-31(29,30)26-23(28)25-22-18-9-5-7-16(18)13-17-8-6-10-19(17)22/h11-15H,4-10H2,1-3H3,(H2,25,26,28)/b12-11+. The zero-order valence-electron chi connectivity index (χ0n) is 18.4. The number of amides is 2. The van der Waals surface area contributed by atoms with Crippen LogP contribution in [0, 0.1) is 0 Å². The number of anilines is 1. The number of carbonyl (C=O) groups excluding carboxylic acids is 1. The SMILES string of the molecule is CCn1cc(C(C)C)nc1/C=C/S(=O)(=O)NC(=O)Nc1c2c(cc3c1CCC3)CCC2. The molecule has 2 aromatic rings. The summed E-state index contributed by atoms with van der Waals surface area (Å²) in [6.45, 7) is 6.72. The molecule has 0 saturated heterocycles. The van der Waals surface area contributed by atoms with E-state index in [4.69, 9.17) is 0 Å². The van der Waals surface area contributed by atoms with Gasteiger partial charge in [-0.1, -0.05) is 19.9 Å². The van der Waals surface area contributed by atoms with E-state index in [0.29, 0.717) is 12.4 Å². The van der Waals surface area contributed by atoms with Crippen molar-refractivity contribution in [3.8, 4) is 0 Å². The van der Waals surface area contributed by atoms with Crippen LogP contribution >= 0.6 is 0 Å². The number of sulfonamides is 1. The Bertz CT molecular complexity index is 1110. The Labute approximate surface area is 184 Å². The molecule has 31 heavy (non-hydrogen) atoms. The minimum atomic E-state index is -3.96. The molecule has 0 atom stereocenters. The highest BCUT2D eigenvalue weighted by molar-refractivity contribution is 7.93. The van der Waals surface area contributed by atoms with E-state index in [1.165, 1.54) is 17.2 Å². The Kier molecular flexibility index (Phi) is 5.92. The molecular weight excluding hydrogens is 412 g/mol. The maximum Gasteiger partial charge on any atom is 0.333 e. The highest BCUT2D eigenvalue weighted by Gasteiger charge is 2.25. The first-order chi connectivity index (χ1) is 14.8. The molecule has 4 rings (SSSR count). The molecule has 0 saturated carbocycles. The molecule has 0 unspecified atom stereocenters. The molecule has 1 heterocycles. The molecule has 0 radical (unpaired) electrons. The van der Waals surface area contributed by atoms with Gasteiger partial charge in [0.25, 0.3) is 10.0 Å². The molecule has 2 aliphatic carbocycles. The van der Waals surface area contributed by atoms with Crippen molar-refractivity contribution < 1.29 is 13.2 Å². The number of aryl methyl sites for hydroxylation is 3. The lowest BCUT2D eigenvalue weighted by Gasteiger charge is -2.16. The van der Waals surface area contributed by atoms with E-state index in [2.05, 4.69) is 21.1 Å². The summed E-state index contributed by atoms with van der Waals surface area (Å²) >= 11 is 0. The molecule has 0 aliphatic heterocycles. The molecule has 0 fully saturated rings. The number of aromatic nitrogens is 2. The van der Waals surface area contributed by atoms with Crippen LogP contribution in [0.2, 0.25) is 0 Å². The zero-order valence-corrected chi connectivity index (χ0v) is 19.2. The van der Waals surface area contributed by atoms with E-state index < -0.39 is 16.1 Å². The fourth-order valence-corrected chi connectivity index (χ4v) is 5.21. The lowest BCUT2D eigenvalue weighted by Crippen LogP contribution is -2.33. The lowest BCUT2D eigenvalue weighted by atomic mass is 9.99. The van der Waals surface area contributed by atoms with Gasteiger partial charge < -0.3 is 9.88 Å². The summed E-state index contributed by atoms with van der Waals surface area (Å²) in [4.78, 5) is 17.1. The van der Waals surface area contributed by atoms with Crippen LogP contribution in [0.5, 0.6) is 0 Å². The zero-order chi connectivity index (χ0) is 22.2. The van der Waals surface area contributed by atoms with Gasteiger partial charge in [0.05, 0.1) is 11.1 Å². The van der Waals surface area contributed by atoms with Crippen molar-refractivity contribution in [3.05, 3.63) is 51.4 Å². The van der Waals surface area contributed by atoms with E-state index in [-0.39, 0.29) is 5.92 Å². The lowest BCUT2D eigenvalue weighted by molar-refractivity contribution is 0.256. The fourth-order valence-electron chi connectivity index (χ4n) is 4.54. The van der Waals surface area contributed by atoms with Gasteiger partial charge in [0.15, 0.2) is 0 Å². The van der Waals surface area contributed by atoms with Crippen LogP contribution < -0.4 is 10.0 Å². The Hall–Kier alpha value is -2.61. The van der Waals surface area contributed by atoms with Crippen LogP contribution in [0.15, 0.2) is 17.7 Å². The third-order valence-electron chi connectivity index (χ3n) is 6.10. The topological polar surface area (TPSA) is 93.1 Å². The largest absolute Gasteiger partial charge is 0.333 e. The number of nitrogens with zero attached hydrogens (tertiary/aromatic N) is 2. The third kappa shape index (κ3) is 4.54. The van der Waals surface area contributed by atoms with Gasteiger partial charge in [-0.3, -0.25) is 0 Å². The van der Waals surface area contributed by atoms with Crippen LogP contribution in [0.1, 0.15) is 73.3 Å². The minimum absolute atomic E-state index is 0.245. The molecule has 7 nitrogen and oxygen atoms in total. The number of hydrogen-bond acceptors (Lipinski definition) is 4. The summed E-state index contributed by atoms with van der Waals surface area (Å²) in [7, 11) is -3.96. The summed E-state index contributed by atoms with van der Waals surface area (Å²) in [5, 5.41) is 3.86. The van der Waals surface area contributed by atoms with Gasteiger partial charge in [0.2, 0.25) is 0 Å². The molecule has 0 bridgehead atoms. The van der Waals surface area contributed by atoms with Crippen molar-refractivity contribution in [2.75, 3.05) is 5.32 Å². The molecule has 166 valence electrons. The van der Waals surface area contributed by atoms with Gasteiger partial charge in [-0.15, -0.1) is 0 Å². The highest BCUT2D eigenvalue weighted by atomic mass is 32.2. The average Bonchev–Trinajstić information content (AvgIpc) is 3.44. The molecular formula is C23H30N4O3S. The van der Waals surface area contributed by atoms with Crippen molar-refractivity contribution in [1.29, 1.82) is 0 Å². The maximum absolute atomic E-state index is 12.6. The van der Waals surface area contributed by atoms with Crippen molar-refractivity contribution in [3.63, 3.8) is 0 Å². The summed E-state index contributed by atoms with van der Waals surface area (Å²) in [6.07, 6.45) is 9.36. The van der Waals surface area contributed by atoms with Gasteiger partial charge in [-0.25, -0.2) is 22.9 Å². The summed E-state index contributed by atoms with van der Waals surface area (Å²) < 4.78 is 29.0. The second kappa shape index (κ2) is 8.49. The van der Waals surface area contributed by atoms with Gasteiger partial charge in [0, 0.05) is 18.4 Å². The van der Waals surface area contributed by atoms with E-state index in [9.17, 15) is 13.2 Å². The summed E-state index contributed by atoms with van der Waals surface area (Å²) in [5.74, 6) is 0.797. The summed E-state index contributed by atoms with van der Waals surface area (Å²) in [6, 6.07) is 1.55. The number of carbonyl (C=O) groups is 1. The first-order valence-corrected chi connectivity index (χ1v) is 12.6. The first-order valence-electron chi connectivity index (χ1n) is 11.0. The Balaban J connectivity index is 1.50. The Morgan fingerprint density at radius 2 is 1.81 bits per heavy atom. The predicted octanol–water partition coefficient (Wildman–Crippen LogP) is 4.13. The number of fused-ring (bicyclic) bond motifs is 2. The summed E-state index contributed by atoms with van der Waals surface area (Å²) in [5.41, 5.74) is 6.61. The van der Waals surface area contributed by atoms with E-state index in [0.717, 1.165) is 66.4 Å². The smallest absolute Gasteiger partial charge is 0.331 e. The van der Waals surface area contributed by atoms with Crippen molar-refractivity contribution in [2.45, 2.75) is 71.8 Å². The van der Waals surface area contributed by atoms with Crippen molar-refractivity contribution >= 4 is 27.8 Å². The van der Waals surface area contributed by atoms with Gasteiger partial charge in [0.1, 0.15) is 5.82 Å². The Morgan fingerprint density at radius 3 is 2.39 bits per heavy atom. The van der Waals surface area contributed by atoms with Gasteiger partial charge in [-0.2, -0.15) is 0 Å². The van der Waals surface area contributed by atoms with Crippen LogP contribution in [-0.4, -0.2) is 24.0 Å². The molecule has 1 aromatic heterocycles. The fraction of sp³-hybridized carbons (Fsp3) is 0.478. The second-order valence-corrected chi connectivity index (χ2v) is 10.2. The number of urea groups is 1. The van der Waals surface area contributed by atoms with Crippen LogP contribution in [0.4, 0.5) is 10.5 Å². The molecule has 8 heteroatoms. The minimum Gasteiger partial charge on any atom is -0.331 e. The predicted molar refractivity (Wildman–Crippen MR) is 123 cm³/mol. The molecule has 0 spiro atoms. The molecule has 2 aliphatic rings. The first kappa shape index (κ1) is 21.6. The van der Waals surface area contributed by atoms with Crippen molar-refractivity contribution in [2.24, 2.45) is 0 Å². The highest BCUT2D eigenvalue weighted by Crippen LogP contribution is 2.38. The Morgan fingerprint density at radius 1 is 1.16 bits per heavy atom. The van der Waals surface area contributed by atoms with E-state index in [1.54, 1.807) is 0 Å². The number of rotatable bonds is 6. The maximum atomic E-state index is 12.6. The number of nitrogens with one attached hydrogen (secondary N) is 2. The molecule has 1 aromatic carbocycles. The molecule has 2 N–H and O–H groups in total. The van der Waals surface area contributed by atoms with Gasteiger partial charge >= 0.3 is 6.03 Å². The van der Waals surface area contributed by atoms with E-state index >= 15 is 0 Å². The average molecular weight is 443 g/mol. The number of benzene rings is 1. The molecule has 2 amide bonds. The normalized spacial score (nSPS) is 15.5. The van der Waals surface area contributed by atoms with Crippen LogP contribution in [-0.2, 0) is 42.3 Å².